The summed E-state index contributed by atoms with van der Waals surface area (Å²) in [6.07, 6.45) is 0. The summed E-state index contributed by atoms with van der Waals surface area (Å²) in [6, 6.07) is 1.39. The van der Waals surface area contributed by atoms with Crippen LogP contribution < -0.4 is 11.3 Å². The molecule has 1 heterocycles. The van der Waals surface area contributed by atoms with Crippen LogP contribution in [0.2, 0.25) is 0 Å². The summed E-state index contributed by atoms with van der Waals surface area (Å²) < 4.78 is 5.42. The highest BCUT2D eigenvalue weighted by atomic mass is 16.5. The van der Waals surface area contributed by atoms with Crippen molar-refractivity contribution in [2.24, 2.45) is 5.41 Å². The van der Waals surface area contributed by atoms with Crippen molar-refractivity contribution in [1.82, 2.24) is 9.97 Å². The minimum absolute atomic E-state index is 0.104. The van der Waals surface area contributed by atoms with Crippen molar-refractivity contribution in [3.63, 3.8) is 0 Å². The van der Waals surface area contributed by atoms with Crippen LogP contribution in [0.4, 0.5) is 5.95 Å². The second-order valence-electron chi connectivity index (χ2n) is 4.68. The monoisotopic (exact) mass is 211 g/mol. The number of anilines is 1. The van der Waals surface area contributed by atoms with Crippen LogP contribution in [-0.2, 0) is 11.3 Å². The Balaban J connectivity index is 2.55. The molecule has 0 radical (unpaired) electrons. The number of hydrogen-bond donors (Lipinski definition) is 2. The fraction of sp³-hybridized carbons (Fsp3) is 0.600. The van der Waals surface area contributed by atoms with Gasteiger partial charge in [-0.2, -0.15) is 0 Å². The highest BCUT2D eigenvalue weighted by Crippen LogP contribution is 2.13. The van der Waals surface area contributed by atoms with E-state index in [-0.39, 0.29) is 16.9 Å². The van der Waals surface area contributed by atoms with E-state index in [1.54, 1.807) is 0 Å². The zero-order valence-electron chi connectivity index (χ0n) is 9.33. The molecule has 3 N–H and O–H groups in total. The first-order valence-corrected chi connectivity index (χ1v) is 4.80. The maximum atomic E-state index is 11.0. The van der Waals surface area contributed by atoms with E-state index in [2.05, 4.69) is 30.7 Å². The maximum absolute atomic E-state index is 11.0. The van der Waals surface area contributed by atoms with Gasteiger partial charge in [0.25, 0.3) is 5.56 Å². The Hall–Kier alpha value is -1.36. The van der Waals surface area contributed by atoms with E-state index in [0.717, 1.165) is 0 Å². The minimum Gasteiger partial charge on any atom is -0.375 e. The predicted molar refractivity (Wildman–Crippen MR) is 58.4 cm³/mol. The van der Waals surface area contributed by atoms with Crippen LogP contribution >= 0.6 is 0 Å². The largest absolute Gasteiger partial charge is 0.375 e. The van der Waals surface area contributed by atoms with E-state index in [1.807, 2.05) is 0 Å². The fourth-order valence-electron chi connectivity index (χ4n) is 1.06. The lowest BCUT2D eigenvalue weighted by atomic mass is 9.99. The van der Waals surface area contributed by atoms with Crippen LogP contribution in [0.1, 0.15) is 26.5 Å². The number of ether oxygens (including phenoxy) is 1. The van der Waals surface area contributed by atoms with Crippen molar-refractivity contribution in [2.75, 3.05) is 12.3 Å². The molecule has 15 heavy (non-hydrogen) atoms. The third-order valence-electron chi connectivity index (χ3n) is 1.60. The van der Waals surface area contributed by atoms with Crippen LogP contribution in [-0.4, -0.2) is 16.6 Å². The first-order chi connectivity index (χ1) is 6.87. The molecule has 1 aromatic heterocycles. The van der Waals surface area contributed by atoms with Gasteiger partial charge in [-0.15, -0.1) is 0 Å². The Morgan fingerprint density at radius 1 is 1.53 bits per heavy atom. The van der Waals surface area contributed by atoms with Crippen LogP contribution in [0, 0.1) is 5.41 Å². The summed E-state index contributed by atoms with van der Waals surface area (Å²) in [6.45, 7) is 7.15. The molecule has 0 saturated heterocycles. The molecule has 0 aliphatic carbocycles. The molecule has 84 valence electrons. The average molecular weight is 211 g/mol. The summed E-state index contributed by atoms with van der Waals surface area (Å²) >= 11 is 0. The SMILES string of the molecule is CC(C)(C)COCc1cc(=O)[nH]c(N)n1. The Kier molecular flexibility index (Phi) is 3.47. The smallest absolute Gasteiger partial charge is 0.252 e. The number of H-pyrrole nitrogens is 1. The van der Waals surface area contributed by atoms with Crippen LogP contribution in [0.15, 0.2) is 10.9 Å². The van der Waals surface area contributed by atoms with E-state index < -0.39 is 0 Å². The molecule has 0 amide bonds. The standard InChI is InChI=1S/C10H17N3O2/c1-10(2,3)6-15-5-7-4-8(14)13-9(11)12-7/h4H,5-6H2,1-3H3,(H3,11,12,13,14). The van der Waals surface area contributed by atoms with Gasteiger partial charge >= 0.3 is 0 Å². The van der Waals surface area contributed by atoms with Crippen LogP contribution in [0.25, 0.3) is 0 Å². The molecule has 0 fully saturated rings. The molecule has 0 bridgehead atoms. The van der Waals surface area contributed by atoms with Gasteiger partial charge in [-0.1, -0.05) is 20.8 Å². The van der Waals surface area contributed by atoms with Gasteiger partial charge in [0.15, 0.2) is 0 Å². The average Bonchev–Trinajstić information content (AvgIpc) is 1.99. The van der Waals surface area contributed by atoms with Gasteiger partial charge in [0, 0.05) is 6.07 Å². The highest BCUT2D eigenvalue weighted by molar-refractivity contribution is 5.16. The van der Waals surface area contributed by atoms with Gasteiger partial charge in [-0.05, 0) is 5.41 Å². The van der Waals surface area contributed by atoms with Gasteiger partial charge in [-0.25, -0.2) is 4.98 Å². The van der Waals surface area contributed by atoms with Gasteiger partial charge < -0.3 is 10.5 Å². The Morgan fingerprint density at radius 3 is 2.73 bits per heavy atom. The predicted octanol–water partition coefficient (Wildman–Crippen LogP) is 0.915. The van der Waals surface area contributed by atoms with Gasteiger partial charge in [0.2, 0.25) is 5.95 Å². The molecular formula is C10H17N3O2. The van der Waals surface area contributed by atoms with Crippen molar-refractivity contribution in [3.05, 3.63) is 22.1 Å². The third-order valence-corrected chi connectivity index (χ3v) is 1.60. The molecule has 5 nitrogen and oxygen atoms in total. The van der Waals surface area contributed by atoms with Crippen LogP contribution in [0.5, 0.6) is 0 Å². The molecule has 0 aliphatic rings. The lowest BCUT2D eigenvalue weighted by Gasteiger charge is -2.17. The van der Waals surface area contributed by atoms with Crippen molar-refractivity contribution in [1.29, 1.82) is 0 Å². The topological polar surface area (TPSA) is 81.0 Å². The van der Waals surface area contributed by atoms with Gasteiger partial charge in [0.05, 0.1) is 18.9 Å². The zero-order valence-corrected chi connectivity index (χ0v) is 9.33. The van der Waals surface area contributed by atoms with Gasteiger partial charge in [0.1, 0.15) is 0 Å². The molecular weight excluding hydrogens is 194 g/mol. The normalized spacial score (nSPS) is 11.7. The maximum Gasteiger partial charge on any atom is 0.252 e. The Labute approximate surface area is 88.7 Å². The first kappa shape index (κ1) is 11.7. The summed E-state index contributed by atoms with van der Waals surface area (Å²) in [5.41, 5.74) is 5.80. The molecule has 0 aromatic carbocycles. The summed E-state index contributed by atoms with van der Waals surface area (Å²) in [4.78, 5) is 17.4. The molecule has 5 heteroatoms. The molecule has 0 atom stereocenters. The number of nitrogens with zero attached hydrogens (tertiary/aromatic N) is 1. The van der Waals surface area contributed by atoms with Crippen molar-refractivity contribution in [2.45, 2.75) is 27.4 Å². The number of rotatable bonds is 3. The molecule has 1 rings (SSSR count). The van der Waals surface area contributed by atoms with E-state index >= 15 is 0 Å². The second-order valence-corrected chi connectivity index (χ2v) is 4.68. The zero-order chi connectivity index (χ0) is 11.5. The highest BCUT2D eigenvalue weighted by Gasteiger charge is 2.10. The molecule has 0 saturated carbocycles. The molecule has 0 spiro atoms. The van der Waals surface area contributed by atoms with E-state index in [1.165, 1.54) is 6.07 Å². The number of aromatic amines is 1. The first-order valence-electron chi connectivity index (χ1n) is 4.80. The van der Waals surface area contributed by atoms with Crippen LogP contribution in [0.3, 0.4) is 0 Å². The summed E-state index contributed by atoms with van der Waals surface area (Å²) in [5, 5.41) is 0. The van der Waals surface area contributed by atoms with Gasteiger partial charge in [-0.3, -0.25) is 9.78 Å². The van der Waals surface area contributed by atoms with Crippen molar-refractivity contribution >= 4 is 5.95 Å². The third kappa shape index (κ3) is 4.60. The second kappa shape index (κ2) is 4.44. The van der Waals surface area contributed by atoms with Crippen molar-refractivity contribution < 1.29 is 4.74 Å². The molecule has 1 aromatic rings. The van der Waals surface area contributed by atoms with E-state index in [0.29, 0.717) is 18.9 Å². The Bertz CT molecular complexity index is 379. The number of aromatic nitrogens is 2. The lowest BCUT2D eigenvalue weighted by molar-refractivity contribution is 0.0581. The fourth-order valence-corrected chi connectivity index (χ4v) is 1.06. The summed E-state index contributed by atoms with van der Waals surface area (Å²) in [5.74, 6) is 0.122. The summed E-state index contributed by atoms with van der Waals surface area (Å²) in [7, 11) is 0. The number of nitrogens with two attached hydrogens (primary N) is 1. The minimum atomic E-state index is -0.253. The lowest BCUT2D eigenvalue weighted by Crippen LogP contribution is -2.16. The molecule has 0 unspecified atom stereocenters. The van der Waals surface area contributed by atoms with E-state index in [4.69, 9.17) is 10.5 Å². The van der Waals surface area contributed by atoms with Crippen molar-refractivity contribution in [3.8, 4) is 0 Å². The quantitative estimate of drug-likeness (QED) is 0.778. The molecule has 0 aliphatic heterocycles. The number of nitrogen functional groups attached to an aromatic ring is 1. The number of hydrogen-bond acceptors (Lipinski definition) is 4. The van der Waals surface area contributed by atoms with E-state index in [9.17, 15) is 4.79 Å². The number of nitrogens with one attached hydrogen (secondary N) is 1. The Morgan fingerprint density at radius 2 is 2.20 bits per heavy atom.